The van der Waals surface area contributed by atoms with Crippen LogP contribution >= 0.6 is 11.6 Å². The maximum absolute atomic E-state index is 12.3. The summed E-state index contributed by atoms with van der Waals surface area (Å²) in [7, 11) is 0. The molecular weight excluding hydrogens is 288 g/mol. The SMILES string of the molecule is CC(C)C(C)(O)CNC(=O)c1ccc(Cl)c2cccnc12. The predicted octanol–water partition coefficient (Wildman–Crippen LogP) is 3.03. The minimum atomic E-state index is -0.953. The number of aliphatic hydroxyl groups is 1. The Bertz CT molecular complexity index is 668. The Balaban J connectivity index is 2.27. The van der Waals surface area contributed by atoms with Gasteiger partial charge in [-0.15, -0.1) is 0 Å². The molecule has 1 aromatic carbocycles. The number of nitrogens with one attached hydrogen (secondary N) is 1. The molecule has 0 radical (unpaired) electrons. The van der Waals surface area contributed by atoms with Crippen molar-refractivity contribution >= 4 is 28.4 Å². The summed E-state index contributed by atoms with van der Waals surface area (Å²) >= 11 is 6.11. The van der Waals surface area contributed by atoms with E-state index in [1.54, 1.807) is 31.3 Å². The molecule has 0 aliphatic rings. The Morgan fingerprint density at radius 3 is 2.81 bits per heavy atom. The van der Waals surface area contributed by atoms with Crippen molar-refractivity contribution in [2.45, 2.75) is 26.4 Å². The second kappa shape index (κ2) is 6.00. The Morgan fingerprint density at radius 1 is 1.43 bits per heavy atom. The van der Waals surface area contributed by atoms with Crippen LogP contribution in [0.3, 0.4) is 0 Å². The summed E-state index contributed by atoms with van der Waals surface area (Å²) in [6.45, 7) is 5.70. The number of rotatable bonds is 4. The quantitative estimate of drug-likeness (QED) is 0.912. The van der Waals surface area contributed by atoms with Gasteiger partial charge < -0.3 is 10.4 Å². The zero-order valence-electron chi connectivity index (χ0n) is 12.4. The van der Waals surface area contributed by atoms with Crippen LogP contribution in [0.4, 0.5) is 0 Å². The average molecular weight is 307 g/mol. The number of nitrogens with zero attached hydrogens (tertiary/aromatic N) is 1. The largest absolute Gasteiger partial charge is 0.388 e. The van der Waals surface area contributed by atoms with Crippen molar-refractivity contribution in [2.24, 2.45) is 5.92 Å². The molecular formula is C16H19ClN2O2. The standard InChI is InChI=1S/C16H19ClN2O2/c1-10(2)16(3,21)9-19-15(20)12-6-7-13(17)11-5-4-8-18-14(11)12/h4-8,10,21H,9H2,1-3H3,(H,19,20). The zero-order chi connectivity index (χ0) is 15.6. The normalized spacial score (nSPS) is 14.2. The van der Waals surface area contributed by atoms with Gasteiger partial charge in [-0.25, -0.2) is 0 Å². The predicted molar refractivity (Wildman–Crippen MR) is 84.5 cm³/mol. The van der Waals surface area contributed by atoms with E-state index in [-0.39, 0.29) is 18.4 Å². The Morgan fingerprint density at radius 2 is 2.14 bits per heavy atom. The van der Waals surface area contributed by atoms with E-state index < -0.39 is 5.60 Å². The van der Waals surface area contributed by atoms with E-state index in [4.69, 9.17) is 11.6 Å². The van der Waals surface area contributed by atoms with Crippen molar-refractivity contribution in [3.05, 3.63) is 41.0 Å². The molecule has 2 N–H and O–H groups in total. The van der Waals surface area contributed by atoms with Gasteiger partial charge in [0, 0.05) is 18.1 Å². The number of benzene rings is 1. The molecule has 0 bridgehead atoms. The fraction of sp³-hybridized carbons (Fsp3) is 0.375. The Labute approximate surface area is 129 Å². The van der Waals surface area contributed by atoms with Gasteiger partial charge in [0.25, 0.3) is 5.91 Å². The van der Waals surface area contributed by atoms with Crippen LogP contribution in [0, 0.1) is 5.92 Å². The third-order valence-electron chi connectivity index (χ3n) is 3.81. The molecule has 1 atom stereocenters. The molecule has 0 aliphatic carbocycles. The van der Waals surface area contributed by atoms with Gasteiger partial charge in [0.05, 0.1) is 21.7 Å². The van der Waals surface area contributed by atoms with E-state index in [0.717, 1.165) is 5.39 Å². The van der Waals surface area contributed by atoms with Crippen LogP contribution in [0.2, 0.25) is 5.02 Å². The Hall–Kier alpha value is -1.65. The number of halogens is 1. The lowest BCUT2D eigenvalue weighted by Crippen LogP contribution is -2.44. The van der Waals surface area contributed by atoms with Crippen LogP contribution in [-0.2, 0) is 0 Å². The maximum atomic E-state index is 12.3. The van der Waals surface area contributed by atoms with Crippen molar-refractivity contribution in [2.75, 3.05) is 6.54 Å². The van der Waals surface area contributed by atoms with Crippen molar-refractivity contribution in [3.8, 4) is 0 Å². The third kappa shape index (κ3) is 3.34. The Kier molecular flexibility index (Phi) is 4.49. The summed E-state index contributed by atoms with van der Waals surface area (Å²) in [6.07, 6.45) is 1.62. The number of carbonyl (C=O) groups is 1. The molecule has 1 unspecified atom stereocenters. The maximum Gasteiger partial charge on any atom is 0.253 e. The molecule has 4 nitrogen and oxygen atoms in total. The fourth-order valence-corrected chi connectivity index (χ4v) is 2.10. The van der Waals surface area contributed by atoms with E-state index in [2.05, 4.69) is 10.3 Å². The summed E-state index contributed by atoms with van der Waals surface area (Å²) in [6, 6.07) is 6.93. The molecule has 1 amide bonds. The molecule has 2 aromatic rings. The topological polar surface area (TPSA) is 62.2 Å². The van der Waals surface area contributed by atoms with Crippen molar-refractivity contribution in [3.63, 3.8) is 0 Å². The molecule has 0 spiro atoms. The lowest BCUT2D eigenvalue weighted by molar-refractivity contribution is 0.0142. The highest BCUT2D eigenvalue weighted by atomic mass is 35.5. The number of carbonyl (C=O) groups excluding carboxylic acids is 1. The van der Waals surface area contributed by atoms with E-state index in [0.29, 0.717) is 16.1 Å². The highest BCUT2D eigenvalue weighted by Crippen LogP contribution is 2.25. The van der Waals surface area contributed by atoms with Crippen molar-refractivity contribution in [1.82, 2.24) is 10.3 Å². The minimum absolute atomic E-state index is 0.0397. The number of pyridine rings is 1. The lowest BCUT2D eigenvalue weighted by atomic mass is 9.92. The number of amides is 1. The van der Waals surface area contributed by atoms with Gasteiger partial charge in [-0.3, -0.25) is 9.78 Å². The van der Waals surface area contributed by atoms with Crippen LogP contribution < -0.4 is 5.32 Å². The molecule has 0 saturated carbocycles. The smallest absolute Gasteiger partial charge is 0.253 e. The molecule has 5 heteroatoms. The van der Waals surface area contributed by atoms with Crippen LogP contribution in [-0.4, -0.2) is 28.1 Å². The highest BCUT2D eigenvalue weighted by molar-refractivity contribution is 6.36. The first-order chi connectivity index (χ1) is 9.83. The first-order valence-electron chi connectivity index (χ1n) is 6.87. The summed E-state index contributed by atoms with van der Waals surface area (Å²) in [4.78, 5) is 16.6. The van der Waals surface area contributed by atoms with Crippen LogP contribution in [0.15, 0.2) is 30.5 Å². The van der Waals surface area contributed by atoms with Crippen LogP contribution in [0.25, 0.3) is 10.9 Å². The molecule has 1 aromatic heterocycles. The summed E-state index contributed by atoms with van der Waals surface area (Å²) in [5.74, 6) is -0.228. The number of fused-ring (bicyclic) bond motifs is 1. The first kappa shape index (κ1) is 15.7. The van der Waals surface area contributed by atoms with Gasteiger partial charge in [0.1, 0.15) is 0 Å². The molecule has 0 saturated heterocycles. The molecule has 2 rings (SSSR count). The van der Waals surface area contributed by atoms with Gasteiger partial charge in [-0.2, -0.15) is 0 Å². The second-order valence-electron chi connectivity index (χ2n) is 5.69. The molecule has 112 valence electrons. The van der Waals surface area contributed by atoms with Crippen molar-refractivity contribution < 1.29 is 9.90 Å². The fourth-order valence-electron chi connectivity index (χ4n) is 1.88. The molecule has 0 fully saturated rings. The van der Waals surface area contributed by atoms with E-state index in [1.807, 2.05) is 19.9 Å². The summed E-state index contributed by atoms with van der Waals surface area (Å²) in [5, 5.41) is 14.3. The minimum Gasteiger partial charge on any atom is -0.388 e. The van der Waals surface area contributed by atoms with Gasteiger partial charge in [0.2, 0.25) is 0 Å². The average Bonchev–Trinajstić information content (AvgIpc) is 2.45. The van der Waals surface area contributed by atoms with Gasteiger partial charge in [-0.05, 0) is 37.1 Å². The molecule has 0 aliphatic heterocycles. The van der Waals surface area contributed by atoms with E-state index in [1.165, 1.54) is 0 Å². The number of hydrogen-bond donors (Lipinski definition) is 2. The molecule has 21 heavy (non-hydrogen) atoms. The molecule has 1 heterocycles. The van der Waals surface area contributed by atoms with Gasteiger partial charge >= 0.3 is 0 Å². The van der Waals surface area contributed by atoms with E-state index in [9.17, 15) is 9.90 Å². The monoisotopic (exact) mass is 306 g/mol. The highest BCUT2D eigenvalue weighted by Gasteiger charge is 2.26. The third-order valence-corrected chi connectivity index (χ3v) is 4.14. The zero-order valence-corrected chi connectivity index (χ0v) is 13.1. The van der Waals surface area contributed by atoms with Gasteiger partial charge in [-0.1, -0.05) is 25.4 Å². The first-order valence-corrected chi connectivity index (χ1v) is 7.24. The second-order valence-corrected chi connectivity index (χ2v) is 6.10. The van der Waals surface area contributed by atoms with Crippen LogP contribution in [0.5, 0.6) is 0 Å². The number of aromatic nitrogens is 1. The number of hydrogen-bond acceptors (Lipinski definition) is 3. The summed E-state index contributed by atoms with van der Waals surface area (Å²) in [5.41, 5.74) is 0.0620. The summed E-state index contributed by atoms with van der Waals surface area (Å²) < 4.78 is 0. The van der Waals surface area contributed by atoms with Crippen molar-refractivity contribution in [1.29, 1.82) is 0 Å². The lowest BCUT2D eigenvalue weighted by Gasteiger charge is -2.27. The van der Waals surface area contributed by atoms with Crippen LogP contribution in [0.1, 0.15) is 31.1 Å². The van der Waals surface area contributed by atoms with E-state index >= 15 is 0 Å². The van der Waals surface area contributed by atoms with Gasteiger partial charge in [0.15, 0.2) is 0 Å².